The molecular formula is C20H24N2O3. The molecule has 0 aromatic heterocycles. The Labute approximate surface area is 148 Å². The van der Waals surface area contributed by atoms with Gasteiger partial charge in [0.05, 0.1) is 12.7 Å². The van der Waals surface area contributed by atoms with Gasteiger partial charge in [0, 0.05) is 11.4 Å². The number of nitrogens with one attached hydrogen (secondary N) is 1. The standard InChI is InChI=1S/C20H24N2O3/c1-14-10-11-18(19(23)21-14)20(24)22-16-7-5-6-15(12-16)13-25-17-8-3-2-4-9-17/h5-7,10-12,17-18H,2-4,8-9,13H2,1H3,(H,22,24). The normalized spacial score (nSPS) is 21.1. The number of carbonyl (C=O) groups excluding carboxylic acids is 2. The van der Waals surface area contributed by atoms with Crippen molar-refractivity contribution in [1.29, 1.82) is 0 Å². The second-order valence-corrected chi connectivity index (χ2v) is 6.69. The first kappa shape index (κ1) is 17.5. The molecule has 1 heterocycles. The van der Waals surface area contributed by atoms with E-state index in [0.717, 1.165) is 18.4 Å². The molecule has 132 valence electrons. The second kappa shape index (κ2) is 8.21. The summed E-state index contributed by atoms with van der Waals surface area (Å²) in [5.41, 5.74) is 2.31. The van der Waals surface area contributed by atoms with Crippen molar-refractivity contribution in [2.45, 2.75) is 51.7 Å². The van der Waals surface area contributed by atoms with Crippen molar-refractivity contribution in [2.75, 3.05) is 5.32 Å². The van der Waals surface area contributed by atoms with Crippen molar-refractivity contribution >= 4 is 23.2 Å². The molecule has 2 amide bonds. The minimum absolute atomic E-state index is 0.345. The summed E-state index contributed by atoms with van der Waals surface area (Å²) >= 11 is 0. The number of nitrogens with zero attached hydrogens (tertiary/aromatic N) is 1. The van der Waals surface area contributed by atoms with Gasteiger partial charge in [0.2, 0.25) is 5.91 Å². The quantitative estimate of drug-likeness (QED) is 0.832. The Bertz CT molecular complexity index is 703. The third-order valence-electron chi connectivity index (χ3n) is 4.60. The average molecular weight is 340 g/mol. The summed E-state index contributed by atoms with van der Waals surface area (Å²) in [5, 5.41) is 2.80. The molecule has 5 nitrogen and oxygen atoms in total. The number of dihydropyridines is 1. The fraction of sp³-hybridized carbons (Fsp3) is 0.450. The first-order chi connectivity index (χ1) is 12.1. The van der Waals surface area contributed by atoms with E-state index < -0.39 is 11.8 Å². The highest BCUT2D eigenvalue weighted by Crippen LogP contribution is 2.22. The summed E-state index contributed by atoms with van der Waals surface area (Å²) in [6.45, 7) is 2.28. The van der Waals surface area contributed by atoms with Crippen LogP contribution in [0.3, 0.4) is 0 Å². The molecule has 0 bridgehead atoms. The molecule has 1 saturated carbocycles. The van der Waals surface area contributed by atoms with Crippen molar-refractivity contribution in [3.05, 3.63) is 42.0 Å². The van der Waals surface area contributed by atoms with Crippen molar-refractivity contribution in [2.24, 2.45) is 10.9 Å². The number of amides is 2. The van der Waals surface area contributed by atoms with Crippen LogP contribution in [-0.4, -0.2) is 23.6 Å². The summed E-state index contributed by atoms with van der Waals surface area (Å²) in [4.78, 5) is 28.0. The van der Waals surface area contributed by atoms with Gasteiger partial charge in [-0.15, -0.1) is 0 Å². The molecule has 0 saturated heterocycles. The van der Waals surface area contributed by atoms with E-state index in [1.807, 2.05) is 24.3 Å². The number of aliphatic imine (C=N–C) groups is 1. The van der Waals surface area contributed by atoms with E-state index in [-0.39, 0.29) is 5.91 Å². The number of benzene rings is 1. The minimum atomic E-state index is -0.856. The van der Waals surface area contributed by atoms with Gasteiger partial charge in [0.25, 0.3) is 5.91 Å². The molecular weight excluding hydrogens is 316 g/mol. The van der Waals surface area contributed by atoms with Crippen LogP contribution < -0.4 is 5.32 Å². The van der Waals surface area contributed by atoms with Gasteiger partial charge < -0.3 is 10.1 Å². The lowest BCUT2D eigenvalue weighted by Crippen LogP contribution is -2.29. The van der Waals surface area contributed by atoms with E-state index in [1.165, 1.54) is 19.3 Å². The van der Waals surface area contributed by atoms with Gasteiger partial charge in [-0.2, -0.15) is 0 Å². The summed E-state index contributed by atoms with van der Waals surface area (Å²) in [6, 6.07) is 7.58. The van der Waals surface area contributed by atoms with E-state index in [4.69, 9.17) is 4.74 Å². The molecule has 1 atom stereocenters. The molecule has 2 aliphatic rings. The smallest absolute Gasteiger partial charge is 0.262 e. The zero-order valence-corrected chi connectivity index (χ0v) is 14.5. The van der Waals surface area contributed by atoms with Gasteiger partial charge in [-0.3, -0.25) is 9.59 Å². The van der Waals surface area contributed by atoms with Crippen LogP contribution in [0, 0.1) is 5.92 Å². The van der Waals surface area contributed by atoms with E-state index >= 15 is 0 Å². The Morgan fingerprint density at radius 3 is 2.84 bits per heavy atom. The Balaban J connectivity index is 1.57. The Morgan fingerprint density at radius 1 is 1.28 bits per heavy atom. The minimum Gasteiger partial charge on any atom is -0.374 e. The fourth-order valence-electron chi connectivity index (χ4n) is 3.20. The largest absolute Gasteiger partial charge is 0.374 e. The topological polar surface area (TPSA) is 67.8 Å². The molecule has 1 aromatic carbocycles. The molecule has 0 spiro atoms. The molecule has 5 heteroatoms. The lowest BCUT2D eigenvalue weighted by molar-refractivity contribution is -0.128. The third kappa shape index (κ3) is 4.86. The van der Waals surface area contributed by atoms with Crippen LogP contribution in [0.15, 0.2) is 41.4 Å². The predicted octanol–water partition coefficient (Wildman–Crippen LogP) is 3.65. The van der Waals surface area contributed by atoms with E-state index in [0.29, 0.717) is 24.1 Å². The van der Waals surface area contributed by atoms with E-state index in [1.54, 1.807) is 19.1 Å². The van der Waals surface area contributed by atoms with E-state index in [9.17, 15) is 9.59 Å². The van der Waals surface area contributed by atoms with Crippen LogP contribution in [0.5, 0.6) is 0 Å². The molecule has 0 radical (unpaired) electrons. The SMILES string of the molecule is CC1=NC(=O)C(C(=O)Nc2cccc(COC3CCCCC3)c2)C=C1. The molecule has 1 fully saturated rings. The molecule has 1 N–H and O–H groups in total. The highest BCUT2D eigenvalue weighted by atomic mass is 16.5. The van der Waals surface area contributed by atoms with Crippen molar-refractivity contribution in [3.63, 3.8) is 0 Å². The number of anilines is 1. The third-order valence-corrected chi connectivity index (χ3v) is 4.60. The molecule has 25 heavy (non-hydrogen) atoms. The van der Waals surface area contributed by atoms with Crippen LogP contribution in [0.1, 0.15) is 44.6 Å². The van der Waals surface area contributed by atoms with Crippen LogP contribution in [-0.2, 0) is 20.9 Å². The summed E-state index contributed by atoms with van der Waals surface area (Å²) in [7, 11) is 0. The molecule has 1 aliphatic heterocycles. The number of allylic oxidation sites excluding steroid dienone is 1. The molecule has 3 rings (SSSR count). The first-order valence-electron chi connectivity index (χ1n) is 8.90. The fourth-order valence-corrected chi connectivity index (χ4v) is 3.20. The van der Waals surface area contributed by atoms with Crippen LogP contribution >= 0.6 is 0 Å². The number of ether oxygens (including phenoxy) is 1. The maximum absolute atomic E-state index is 12.3. The van der Waals surface area contributed by atoms with Crippen molar-refractivity contribution < 1.29 is 14.3 Å². The number of carbonyl (C=O) groups is 2. The summed E-state index contributed by atoms with van der Waals surface area (Å²) < 4.78 is 5.98. The lowest BCUT2D eigenvalue weighted by atomic mass is 9.98. The van der Waals surface area contributed by atoms with Crippen LogP contribution in [0.2, 0.25) is 0 Å². The average Bonchev–Trinajstić information content (AvgIpc) is 2.61. The van der Waals surface area contributed by atoms with Gasteiger partial charge >= 0.3 is 0 Å². The number of rotatable bonds is 5. The summed E-state index contributed by atoms with van der Waals surface area (Å²) in [5.74, 6) is -1.64. The van der Waals surface area contributed by atoms with Crippen molar-refractivity contribution in [3.8, 4) is 0 Å². The molecule has 1 aliphatic carbocycles. The van der Waals surface area contributed by atoms with Gasteiger partial charge in [-0.05, 0) is 43.5 Å². The van der Waals surface area contributed by atoms with Gasteiger partial charge in [0.15, 0.2) is 0 Å². The Kier molecular flexibility index (Phi) is 5.76. The van der Waals surface area contributed by atoms with Gasteiger partial charge in [-0.1, -0.05) is 37.5 Å². The molecule has 1 aromatic rings. The van der Waals surface area contributed by atoms with E-state index in [2.05, 4.69) is 10.3 Å². The van der Waals surface area contributed by atoms with Crippen LogP contribution in [0.4, 0.5) is 5.69 Å². The van der Waals surface area contributed by atoms with Crippen LogP contribution in [0.25, 0.3) is 0 Å². The monoisotopic (exact) mass is 340 g/mol. The highest BCUT2D eigenvalue weighted by Gasteiger charge is 2.26. The maximum Gasteiger partial charge on any atom is 0.262 e. The Morgan fingerprint density at radius 2 is 2.08 bits per heavy atom. The first-order valence-corrected chi connectivity index (χ1v) is 8.90. The lowest BCUT2D eigenvalue weighted by Gasteiger charge is -2.22. The zero-order valence-electron chi connectivity index (χ0n) is 14.5. The maximum atomic E-state index is 12.3. The van der Waals surface area contributed by atoms with Gasteiger partial charge in [0.1, 0.15) is 5.92 Å². The number of hydrogen-bond acceptors (Lipinski definition) is 3. The Hall–Kier alpha value is -2.27. The molecule has 1 unspecified atom stereocenters. The highest BCUT2D eigenvalue weighted by molar-refractivity contribution is 6.15. The number of hydrogen-bond donors (Lipinski definition) is 1. The second-order valence-electron chi connectivity index (χ2n) is 6.69. The van der Waals surface area contributed by atoms with Crippen molar-refractivity contribution in [1.82, 2.24) is 0 Å². The zero-order chi connectivity index (χ0) is 17.6. The predicted molar refractivity (Wildman–Crippen MR) is 97.5 cm³/mol. The van der Waals surface area contributed by atoms with Gasteiger partial charge in [-0.25, -0.2) is 4.99 Å². The summed E-state index contributed by atoms with van der Waals surface area (Å²) in [6.07, 6.45) is 9.68.